The fourth-order valence-electron chi connectivity index (χ4n) is 2.99. The van der Waals surface area contributed by atoms with Crippen LogP contribution in [0.3, 0.4) is 0 Å². The molecule has 0 aliphatic heterocycles. The number of carbonyl (C=O) groups excluding carboxylic acids is 1. The van der Waals surface area contributed by atoms with E-state index in [-0.39, 0.29) is 36.0 Å². The van der Waals surface area contributed by atoms with E-state index in [1.54, 1.807) is 14.0 Å². The van der Waals surface area contributed by atoms with Crippen molar-refractivity contribution in [1.29, 1.82) is 0 Å². The molecule has 0 saturated carbocycles. The van der Waals surface area contributed by atoms with Crippen molar-refractivity contribution in [2.45, 2.75) is 33.2 Å². The largest absolute Gasteiger partial charge is 0.462 e. The lowest BCUT2D eigenvalue weighted by Gasteiger charge is -2.16. The lowest BCUT2D eigenvalue weighted by Crippen LogP contribution is -2.39. The molecule has 0 aliphatic carbocycles. The summed E-state index contributed by atoms with van der Waals surface area (Å²) in [5.41, 5.74) is 2.86. The van der Waals surface area contributed by atoms with Gasteiger partial charge in [-0.05, 0) is 44.9 Å². The van der Waals surface area contributed by atoms with Gasteiger partial charge >= 0.3 is 5.97 Å². The third-order valence-electron chi connectivity index (χ3n) is 4.58. The Labute approximate surface area is 209 Å². The highest BCUT2D eigenvalue weighted by Gasteiger charge is 2.20. The number of ether oxygens (including phenoxy) is 1. The quantitative estimate of drug-likeness (QED) is 0.185. The van der Waals surface area contributed by atoms with Gasteiger partial charge in [0.05, 0.1) is 30.2 Å². The molecule has 3 rings (SSSR count). The summed E-state index contributed by atoms with van der Waals surface area (Å²) in [5.74, 6) is 0.350. The molecule has 32 heavy (non-hydrogen) atoms. The summed E-state index contributed by atoms with van der Waals surface area (Å²) in [6.45, 7) is 6.66. The lowest BCUT2D eigenvalue weighted by atomic mass is 10.2. The zero-order valence-corrected chi connectivity index (χ0v) is 21.8. The summed E-state index contributed by atoms with van der Waals surface area (Å²) >= 11 is 1.35. The van der Waals surface area contributed by atoms with Crippen LogP contribution in [0.15, 0.2) is 47.7 Å². The fraction of sp³-hybridized carbons (Fsp3) is 0.364. The number of para-hydroxylation sites is 1. The van der Waals surface area contributed by atoms with E-state index in [2.05, 4.69) is 25.7 Å². The summed E-state index contributed by atoms with van der Waals surface area (Å²) in [5, 5.41) is 11.9. The third kappa shape index (κ3) is 6.76. The first kappa shape index (κ1) is 25.8. The molecule has 0 bridgehead atoms. The van der Waals surface area contributed by atoms with Crippen LogP contribution >= 0.6 is 35.3 Å². The van der Waals surface area contributed by atoms with Crippen molar-refractivity contribution in [1.82, 2.24) is 25.4 Å². The monoisotopic (exact) mass is 568 g/mol. The predicted molar refractivity (Wildman–Crippen MR) is 138 cm³/mol. The molecule has 0 amide bonds. The summed E-state index contributed by atoms with van der Waals surface area (Å²) in [4.78, 5) is 21.4. The predicted octanol–water partition coefficient (Wildman–Crippen LogP) is 3.90. The van der Waals surface area contributed by atoms with E-state index in [1.165, 1.54) is 11.3 Å². The molecule has 2 heterocycles. The van der Waals surface area contributed by atoms with Gasteiger partial charge < -0.3 is 15.4 Å². The summed E-state index contributed by atoms with van der Waals surface area (Å²) in [6.07, 6.45) is 4.72. The molecular formula is C22H29IN6O2S. The Balaban J connectivity index is 0.00000363. The Kier molecular flexibility index (Phi) is 10.1. The molecule has 172 valence electrons. The molecule has 8 nitrogen and oxygen atoms in total. The molecular weight excluding hydrogens is 539 g/mol. The maximum Gasteiger partial charge on any atom is 0.350 e. The van der Waals surface area contributed by atoms with Crippen molar-refractivity contribution >= 4 is 47.2 Å². The topological polar surface area (TPSA) is 93.4 Å². The lowest BCUT2D eigenvalue weighted by molar-refractivity contribution is 0.0531. The van der Waals surface area contributed by atoms with Crippen LogP contribution in [0.1, 0.15) is 45.8 Å². The number of nitrogens with zero attached hydrogens (tertiary/aromatic N) is 4. The minimum atomic E-state index is -0.325. The number of thiazole rings is 1. The van der Waals surface area contributed by atoms with Crippen molar-refractivity contribution in [3.63, 3.8) is 0 Å². The average Bonchev–Trinajstić information content (AvgIpc) is 3.40. The van der Waals surface area contributed by atoms with E-state index >= 15 is 0 Å². The van der Waals surface area contributed by atoms with Gasteiger partial charge in [-0.2, -0.15) is 5.10 Å². The highest BCUT2D eigenvalue weighted by molar-refractivity contribution is 14.0. The normalized spacial score (nSPS) is 12.1. The van der Waals surface area contributed by atoms with Crippen molar-refractivity contribution in [2.24, 2.45) is 4.99 Å². The molecule has 1 unspecified atom stereocenters. The van der Waals surface area contributed by atoms with Crippen molar-refractivity contribution in [3.8, 4) is 5.69 Å². The number of esters is 1. The molecule has 0 aliphatic rings. The maximum atomic E-state index is 12.0. The first-order valence-electron chi connectivity index (χ1n) is 10.2. The first-order chi connectivity index (χ1) is 15.0. The van der Waals surface area contributed by atoms with Gasteiger partial charge in [0.15, 0.2) is 5.96 Å². The number of aliphatic imine (C=N–C) groups is 1. The molecule has 10 heteroatoms. The third-order valence-corrected chi connectivity index (χ3v) is 5.90. The number of aryl methyl sites for hydroxylation is 1. The van der Waals surface area contributed by atoms with E-state index < -0.39 is 0 Å². The molecule has 2 N–H and O–H groups in total. The van der Waals surface area contributed by atoms with Crippen LogP contribution in [0.25, 0.3) is 5.69 Å². The Morgan fingerprint density at radius 3 is 2.75 bits per heavy atom. The Morgan fingerprint density at radius 1 is 1.31 bits per heavy atom. The number of hydrogen-bond donors (Lipinski definition) is 2. The van der Waals surface area contributed by atoms with Crippen LogP contribution in [-0.4, -0.2) is 46.9 Å². The van der Waals surface area contributed by atoms with Gasteiger partial charge in [0, 0.05) is 19.8 Å². The number of halogens is 1. The SMILES string of the molecule is CCOC(=O)c1sc(C(C)NC(=NC)NCCc2cnn(-c3ccccc3)c2)nc1C.I. The average molecular weight is 568 g/mol. The van der Waals surface area contributed by atoms with Gasteiger partial charge in [0.1, 0.15) is 9.88 Å². The molecule has 0 saturated heterocycles. The second-order valence-electron chi connectivity index (χ2n) is 6.93. The van der Waals surface area contributed by atoms with E-state index in [0.717, 1.165) is 22.7 Å². The number of carbonyl (C=O) groups is 1. The van der Waals surface area contributed by atoms with E-state index in [1.807, 2.05) is 61.3 Å². The van der Waals surface area contributed by atoms with Gasteiger partial charge in [0.25, 0.3) is 0 Å². The van der Waals surface area contributed by atoms with Crippen LogP contribution in [0, 0.1) is 6.92 Å². The molecule has 3 aromatic rings. The first-order valence-corrected chi connectivity index (χ1v) is 11.0. The summed E-state index contributed by atoms with van der Waals surface area (Å²) in [7, 11) is 1.73. The summed E-state index contributed by atoms with van der Waals surface area (Å²) < 4.78 is 6.97. The number of nitrogens with one attached hydrogen (secondary N) is 2. The molecule has 2 aromatic heterocycles. The molecule has 1 aromatic carbocycles. The minimum Gasteiger partial charge on any atom is -0.462 e. The highest BCUT2D eigenvalue weighted by atomic mass is 127. The maximum absolute atomic E-state index is 12.0. The van der Waals surface area contributed by atoms with Gasteiger partial charge in [-0.3, -0.25) is 4.99 Å². The number of guanidine groups is 1. The van der Waals surface area contributed by atoms with E-state index in [0.29, 0.717) is 29.7 Å². The number of aromatic nitrogens is 3. The standard InChI is InChI=1S/C22H28N6O2S.HI/c1-5-30-21(29)19-15(2)26-20(31-19)16(3)27-22(23-4)24-12-11-17-13-25-28(14-17)18-9-7-6-8-10-18;/h6-10,13-14,16H,5,11-12H2,1-4H3,(H2,23,24,27);1H. The molecule has 1 atom stereocenters. The molecule has 0 radical (unpaired) electrons. The number of hydrogen-bond acceptors (Lipinski definition) is 6. The van der Waals surface area contributed by atoms with E-state index in [4.69, 9.17) is 4.74 Å². The van der Waals surface area contributed by atoms with Crippen molar-refractivity contribution in [3.05, 3.63) is 63.9 Å². The van der Waals surface area contributed by atoms with Crippen LogP contribution in [0.2, 0.25) is 0 Å². The smallest absolute Gasteiger partial charge is 0.350 e. The second kappa shape index (κ2) is 12.5. The molecule has 0 fully saturated rings. The summed E-state index contributed by atoms with van der Waals surface area (Å²) in [6, 6.07) is 9.93. The van der Waals surface area contributed by atoms with Crippen LogP contribution in [0.4, 0.5) is 0 Å². The van der Waals surface area contributed by atoms with Gasteiger partial charge in [-0.1, -0.05) is 18.2 Å². The zero-order chi connectivity index (χ0) is 22.2. The second-order valence-corrected chi connectivity index (χ2v) is 7.96. The minimum absolute atomic E-state index is 0. The molecule has 0 spiro atoms. The highest BCUT2D eigenvalue weighted by Crippen LogP contribution is 2.24. The van der Waals surface area contributed by atoms with Crippen molar-refractivity contribution < 1.29 is 9.53 Å². The van der Waals surface area contributed by atoms with E-state index in [9.17, 15) is 4.79 Å². The zero-order valence-electron chi connectivity index (χ0n) is 18.7. The van der Waals surface area contributed by atoms with Gasteiger partial charge in [-0.15, -0.1) is 35.3 Å². The van der Waals surface area contributed by atoms with Crippen molar-refractivity contribution in [2.75, 3.05) is 20.2 Å². The van der Waals surface area contributed by atoms with Gasteiger partial charge in [0.2, 0.25) is 0 Å². The van der Waals surface area contributed by atoms with Gasteiger partial charge in [-0.25, -0.2) is 14.5 Å². The number of benzene rings is 1. The van der Waals surface area contributed by atoms with Crippen LogP contribution in [-0.2, 0) is 11.2 Å². The Hall–Kier alpha value is -2.47. The Bertz CT molecular complexity index is 1030. The number of rotatable bonds is 8. The Morgan fingerprint density at radius 2 is 2.06 bits per heavy atom. The van der Waals surface area contributed by atoms with Crippen LogP contribution in [0.5, 0.6) is 0 Å². The fourth-order valence-corrected chi connectivity index (χ4v) is 3.95. The van der Waals surface area contributed by atoms with Crippen LogP contribution < -0.4 is 10.6 Å².